The third-order valence-electron chi connectivity index (χ3n) is 6.37. The number of aromatic nitrogens is 3. The second-order valence-corrected chi connectivity index (χ2v) is 9.24. The van der Waals surface area contributed by atoms with Crippen molar-refractivity contribution in [3.63, 3.8) is 0 Å². The number of nitrogens with two attached hydrogens (primary N) is 2. The number of aromatic amines is 1. The standard InChI is InChI=1S/C21H23FN6O2S/c1-11-14(16(28-27-11)21-8-6-20(10-23,30-21)7-9-21)25-18(29)15-17(24)31-19(26-15)12-4-2-3-5-13(12)22/h2-5H,6-10,23-24H2,1H3,(H,25,29)(H,27,28). The molecule has 0 spiro atoms. The highest BCUT2D eigenvalue weighted by atomic mass is 32.1. The average molecular weight is 443 g/mol. The number of rotatable bonds is 5. The van der Waals surface area contributed by atoms with Crippen LogP contribution in [0.3, 0.4) is 0 Å². The van der Waals surface area contributed by atoms with E-state index in [1.807, 2.05) is 6.92 Å². The largest absolute Gasteiger partial charge is 0.389 e. The summed E-state index contributed by atoms with van der Waals surface area (Å²) in [5.41, 5.74) is 13.5. The molecule has 6 N–H and O–H groups in total. The molecule has 4 heterocycles. The van der Waals surface area contributed by atoms with Crippen LogP contribution in [-0.2, 0) is 10.3 Å². The molecule has 0 atom stereocenters. The van der Waals surface area contributed by atoms with E-state index in [1.165, 1.54) is 6.07 Å². The summed E-state index contributed by atoms with van der Waals surface area (Å²) in [5, 5.41) is 10.8. The molecular formula is C21H23FN6O2S. The van der Waals surface area contributed by atoms with Crippen LogP contribution < -0.4 is 16.8 Å². The van der Waals surface area contributed by atoms with Gasteiger partial charge in [0, 0.05) is 12.1 Å². The second kappa shape index (κ2) is 7.11. The van der Waals surface area contributed by atoms with Crippen LogP contribution >= 0.6 is 11.3 Å². The van der Waals surface area contributed by atoms with E-state index in [0.29, 0.717) is 28.5 Å². The molecule has 2 bridgehead atoms. The SMILES string of the molecule is Cc1n[nH]c(C23CCC(CN)(CC2)O3)c1NC(=O)c1nc(-c2ccccc2F)sc1N. The zero-order chi connectivity index (χ0) is 21.8. The highest BCUT2D eigenvalue weighted by Gasteiger charge is 2.57. The minimum absolute atomic E-state index is 0.0578. The summed E-state index contributed by atoms with van der Waals surface area (Å²) in [6, 6.07) is 6.26. The maximum atomic E-state index is 14.1. The van der Waals surface area contributed by atoms with E-state index in [0.717, 1.165) is 42.7 Å². The third-order valence-corrected chi connectivity index (χ3v) is 7.28. The van der Waals surface area contributed by atoms with Gasteiger partial charge in [0.1, 0.15) is 21.4 Å². The molecule has 0 radical (unpaired) electrons. The lowest BCUT2D eigenvalue weighted by molar-refractivity contribution is -0.0481. The number of nitrogens with zero attached hydrogens (tertiary/aromatic N) is 2. The van der Waals surface area contributed by atoms with Crippen molar-refractivity contribution >= 4 is 27.9 Å². The van der Waals surface area contributed by atoms with Crippen LogP contribution in [0.4, 0.5) is 15.1 Å². The first-order valence-electron chi connectivity index (χ1n) is 10.1. The van der Waals surface area contributed by atoms with Gasteiger partial charge in [-0.3, -0.25) is 9.89 Å². The van der Waals surface area contributed by atoms with Gasteiger partial charge < -0.3 is 21.5 Å². The maximum absolute atomic E-state index is 14.1. The smallest absolute Gasteiger partial charge is 0.277 e. The summed E-state index contributed by atoms with van der Waals surface area (Å²) in [6.45, 7) is 2.28. The van der Waals surface area contributed by atoms with Crippen molar-refractivity contribution in [2.45, 2.75) is 43.8 Å². The van der Waals surface area contributed by atoms with Gasteiger partial charge in [-0.05, 0) is 44.7 Å². The summed E-state index contributed by atoms with van der Waals surface area (Å²) in [7, 11) is 0. The Balaban J connectivity index is 1.44. The molecule has 5 rings (SSSR count). The summed E-state index contributed by atoms with van der Waals surface area (Å²) in [6.07, 6.45) is 3.37. The molecule has 1 amide bonds. The number of nitrogens with one attached hydrogen (secondary N) is 2. The molecule has 2 saturated heterocycles. The first-order chi connectivity index (χ1) is 14.9. The molecule has 31 heavy (non-hydrogen) atoms. The summed E-state index contributed by atoms with van der Waals surface area (Å²) in [4.78, 5) is 17.4. The van der Waals surface area contributed by atoms with Crippen LogP contribution in [0.5, 0.6) is 0 Å². The Kier molecular flexibility index (Phi) is 4.61. The van der Waals surface area contributed by atoms with E-state index in [4.69, 9.17) is 16.2 Å². The van der Waals surface area contributed by atoms with Gasteiger partial charge in [0.15, 0.2) is 5.69 Å². The lowest BCUT2D eigenvalue weighted by Gasteiger charge is -2.24. The minimum atomic E-state index is -0.533. The van der Waals surface area contributed by atoms with Crippen LogP contribution in [0.2, 0.25) is 0 Å². The Labute approximate surface area is 182 Å². The maximum Gasteiger partial charge on any atom is 0.277 e. The lowest BCUT2D eigenvalue weighted by atomic mass is 9.80. The van der Waals surface area contributed by atoms with E-state index in [9.17, 15) is 9.18 Å². The number of aryl methyl sites for hydroxylation is 1. The number of hydrogen-bond donors (Lipinski definition) is 4. The molecule has 2 fully saturated rings. The molecule has 0 aliphatic carbocycles. The van der Waals surface area contributed by atoms with Crippen molar-refractivity contribution < 1.29 is 13.9 Å². The second-order valence-electron chi connectivity index (χ2n) is 8.21. The zero-order valence-electron chi connectivity index (χ0n) is 17.0. The van der Waals surface area contributed by atoms with Crippen molar-refractivity contribution in [1.82, 2.24) is 15.2 Å². The quantitative estimate of drug-likeness (QED) is 0.479. The predicted octanol–water partition coefficient (Wildman–Crippen LogP) is 3.31. The van der Waals surface area contributed by atoms with Crippen molar-refractivity contribution in [3.05, 3.63) is 47.2 Å². The Morgan fingerprint density at radius 3 is 2.74 bits per heavy atom. The molecule has 2 aliphatic heterocycles. The van der Waals surface area contributed by atoms with Gasteiger partial charge in [0.25, 0.3) is 5.91 Å². The number of carbonyl (C=O) groups is 1. The number of halogens is 1. The van der Waals surface area contributed by atoms with E-state index < -0.39 is 17.3 Å². The topological polar surface area (TPSA) is 132 Å². The van der Waals surface area contributed by atoms with Gasteiger partial charge in [0.05, 0.1) is 22.7 Å². The van der Waals surface area contributed by atoms with Crippen LogP contribution in [0, 0.1) is 12.7 Å². The summed E-state index contributed by atoms with van der Waals surface area (Å²) < 4.78 is 20.5. The molecule has 3 aromatic rings. The lowest BCUT2D eigenvalue weighted by Crippen LogP contribution is -2.34. The van der Waals surface area contributed by atoms with Gasteiger partial charge in [-0.15, -0.1) is 0 Å². The van der Waals surface area contributed by atoms with Crippen LogP contribution in [0.25, 0.3) is 10.6 Å². The highest BCUT2D eigenvalue weighted by molar-refractivity contribution is 7.19. The molecule has 1 aromatic carbocycles. The number of nitrogen functional groups attached to an aromatic ring is 1. The van der Waals surface area contributed by atoms with Crippen molar-refractivity contribution in [2.24, 2.45) is 5.73 Å². The number of fused-ring (bicyclic) bond motifs is 2. The normalized spacial score (nSPS) is 24.6. The molecule has 0 unspecified atom stereocenters. The third kappa shape index (κ3) is 3.13. The van der Waals surface area contributed by atoms with Crippen LogP contribution in [-0.4, -0.2) is 33.2 Å². The van der Waals surface area contributed by atoms with E-state index in [-0.39, 0.29) is 16.3 Å². The first kappa shape index (κ1) is 20.1. The van der Waals surface area contributed by atoms with Crippen molar-refractivity contribution in [2.75, 3.05) is 17.6 Å². The van der Waals surface area contributed by atoms with Crippen molar-refractivity contribution in [1.29, 1.82) is 0 Å². The Bertz CT molecular complexity index is 1160. The van der Waals surface area contributed by atoms with Gasteiger partial charge in [0.2, 0.25) is 0 Å². The summed E-state index contributed by atoms with van der Waals surface area (Å²) >= 11 is 1.07. The monoisotopic (exact) mass is 442 g/mol. The summed E-state index contributed by atoms with van der Waals surface area (Å²) in [5.74, 6) is -0.891. The minimum Gasteiger partial charge on any atom is -0.389 e. The Morgan fingerprint density at radius 2 is 2.06 bits per heavy atom. The van der Waals surface area contributed by atoms with Gasteiger partial charge in [-0.1, -0.05) is 23.5 Å². The number of amides is 1. The van der Waals surface area contributed by atoms with Gasteiger partial charge >= 0.3 is 0 Å². The number of carbonyl (C=O) groups excluding carboxylic acids is 1. The fourth-order valence-electron chi connectivity index (χ4n) is 4.61. The van der Waals surface area contributed by atoms with Gasteiger partial charge in [-0.2, -0.15) is 5.10 Å². The number of benzene rings is 1. The fourth-order valence-corrected chi connectivity index (χ4v) is 5.46. The van der Waals surface area contributed by atoms with E-state index in [1.54, 1.807) is 18.2 Å². The van der Waals surface area contributed by atoms with Crippen molar-refractivity contribution in [3.8, 4) is 10.6 Å². The molecule has 2 aromatic heterocycles. The molecule has 0 saturated carbocycles. The fraction of sp³-hybridized carbons (Fsp3) is 0.381. The molecule has 2 aliphatic rings. The van der Waals surface area contributed by atoms with Gasteiger partial charge in [-0.25, -0.2) is 9.37 Å². The predicted molar refractivity (Wildman–Crippen MR) is 116 cm³/mol. The zero-order valence-corrected chi connectivity index (χ0v) is 17.8. The number of thiazole rings is 1. The number of ether oxygens (including phenoxy) is 1. The molecule has 162 valence electrons. The molecular weight excluding hydrogens is 419 g/mol. The van der Waals surface area contributed by atoms with E-state index in [2.05, 4.69) is 20.5 Å². The van der Waals surface area contributed by atoms with Crippen LogP contribution in [0.1, 0.15) is 47.6 Å². The Hall–Kier alpha value is -2.82. The Morgan fingerprint density at radius 1 is 1.32 bits per heavy atom. The highest BCUT2D eigenvalue weighted by Crippen LogP contribution is 2.56. The van der Waals surface area contributed by atoms with E-state index >= 15 is 0 Å². The number of H-pyrrole nitrogens is 1. The molecule has 10 heteroatoms. The molecule has 8 nitrogen and oxygen atoms in total. The number of anilines is 2. The first-order valence-corrected chi connectivity index (χ1v) is 11.0. The number of hydrogen-bond acceptors (Lipinski definition) is 7. The average Bonchev–Trinajstić information content (AvgIpc) is 3.52. The van der Waals surface area contributed by atoms with Crippen LogP contribution in [0.15, 0.2) is 24.3 Å².